The zero-order valence-corrected chi connectivity index (χ0v) is 21.6. The van der Waals surface area contributed by atoms with Gasteiger partial charge in [0.15, 0.2) is 0 Å². The van der Waals surface area contributed by atoms with E-state index in [0.29, 0.717) is 5.39 Å². The quantitative estimate of drug-likeness (QED) is 0.133. The number of hydrogen-bond acceptors (Lipinski definition) is 0. The fourth-order valence-corrected chi connectivity index (χ4v) is 13.2. The van der Waals surface area contributed by atoms with Crippen LogP contribution in [-0.2, 0) is 15.5 Å². The third kappa shape index (κ3) is 4.99. The molecular formula is C27H23Cl2NiP2. The molecule has 5 heteroatoms. The summed E-state index contributed by atoms with van der Waals surface area (Å²) in [4.78, 5) is 0. The van der Waals surface area contributed by atoms with Crippen LogP contribution in [0.25, 0.3) is 0 Å². The maximum atomic E-state index is 7.93. The third-order valence-electron chi connectivity index (χ3n) is 5.20. The normalized spacial score (nSPS) is 12.8. The summed E-state index contributed by atoms with van der Waals surface area (Å²) in [7, 11) is -2.05. The zero-order valence-electron chi connectivity index (χ0n) is 17.3. The first-order chi connectivity index (χ1) is 15.7. The fraction of sp³-hybridized carbons (Fsp3) is 0.111. The Morgan fingerprint density at radius 2 is 0.812 bits per heavy atom. The van der Waals surface area contributed by atoms with Crippen molar-refractivity contribution in [3.05, 3.63) is 121 Å². The number of benzene rings is 4. The van der Waals surface area contributed by atoms with E-state index >= 15 is 0 Å². The second-order valence-electron chi connectivity index (χ2n) is 7.25. The summed E-state index contributed by atoms with van der Waals surface area (Å²) in [5.41, 5.74) is 0. The van der Waals surface area contributed by atoms with E-state index in [1.54, 1.807) is 0 Å². The van der Waals surface area contributed by atoms with E-state index in [1.165, 1.54) is 21.2 Å². The third-order valence-corrected chi connectivity index (χ3v) is 14.3. The molecule has 0 bridgehead atoms. The molecule has 0 nitrogen and oxygen atoms in total. The molecule has 0 spiro atoms. The number of alkyl halides is 2. The van der Waals surface area contributed by atoms with Crippen molar-refractivity contribution in [1.82, 2.24) is 0 Å². The molecule has 0 heterocycles. The van der Waals surface area contributed by atoms with Crippen LogP contribution in [0.2, 0.25) is 5.39 Å². The predicted octanol–water partition coefficient (Wildman–Crippen LogP) is 6.72. The van der Waals surface area contributed by atoms with Crippen LogP contribution in [0.5, 0.6) is 0 Å². The second kappa shape index (κ2) is 11.3. The first kappa shape index (κ1) is 24.0. The number of rotatable bonds is 8. The van der Waals surface area contributed by atoms with Crippen LogP contribution in [0.1, 0.15) is 0 Å². The molecule has 4 aromatic carbocycles. The van der Waals surface area contributed by atoms with E-state index in [9.17, 15) is 0 Å². The van der Waals surface area contributed by atoms with Crippen LogP contribution in [0.15, 0.2) is 121 Å². The molecule has 0 saturated heterocycles. The molecule has 165 valence electrons. The molecule has 32 heavy (non-hydrogen) atoms. The number of halogens is 2. The van der Waals surface area contributed by atoms with Crippen LogP contribution in [0.3, 0.4) is 0 Å². The van der Waals surface area contributed by atoms with E-state index in [2.05, 4.69) is 97.1 Å². The van der Waals surface area contributed by atoms with Gasteiger partial charge < -0.3 is 0 Å². The van der Waals surface area contributed by atoms with Gasteiger partial charge in [0.1, 0.15) is 0 Å². The van der Waals surface area contributed by atoms with Gasteiger partial charge in [0.25, 0.3) is 0 Å². The first-order valence-electron chi connectivity index (χ1n) is 10.3. The first-order valence-corrected chi connectivity index (χ1v) is 14.5. The van der Waals surface area contributed by atoms with Gasteiger partial charge in [0.05, 0.1) is 0 Å². The van der Waals surface area contributed by atoms with Gasteiger partial charge in [-0.15, -0.1) is 0 Å². The van der Waals surface area contributed by atoms with Crippen molar-refractivity contribution in [2.24, 2.45) is 0 Å². The van der Waals surface area contributed by atoms with Crippen LogP contribution >= 0.6 is 39.0 Å². The Morgan fingerprint density at radius 3 is 1.03 bits per heavy atom. The summed E-state index contributed by atoms with van der Waals surface area (Å²) in [6.07, 6.45) is 0. The molecule has 1 atom stereocenters. The summed E-state index contributed by atoms with van der Waals surface area (Å²) in [6.45, 7) is 0. The monoisotopic (exact) mass is 537 g/mol. The van der Waals surface area contributed by atoms with Crippen molar-refractivity contribution in [3.63, 3.8) is 0 Å². The van der Waals surface area contributed by atoms with Gasteiger partial charge in [-0.05, 0) is 0 Å². The summed E-state index contributed by atoms with van der Waals surface area (Å²) < 4.78 is -0.768. The Labute approximate surface area is 211 Å². The minimum absolute atomic E-state index is 0.373. The van der Waals surface area contributed by atoms with Crippen LogP contribution in [0.4, 0.5) is 0 Å². The SMILES string of the molecule is ClC([CH2][Ni])C(Cl)(P(c1ccccc1)c1ccccc1)P(c1ccccc1)c1ccccc1. The van der Waals surface area contributed by atoms with Crippen LogP contribution < -0.4 is 21.2 Å². The summed E-state index contributed by atoms with van der Waals surface area (Å²) >= 11 is 20.3. The van der Waals surface area contributed by atoms with Crippen LogP contribution in [-0.4, -0.2) is 9.73 Å². The molecule has 4 rings (SSSR count). The van der Waals surface area contributed by atoms with E-state index < -0.39 is 20.2 Å². The van der Waals surface area contributed by atoms with Gasteiger partial charge in [-0.1, -0.05) is 0 Å². The number of hydrogen-bond donors (Lipinski definition) is 0. The average molecular weight is 539 g/mol. The Bertz CT molecular complexity index is 934. The molecular weight excluding hydrogens is 516 g/mol. The Balaban J connectivity index is 2.02. The zero-order chi connectivity index (χ0) is 22.4. The second-order valence-corrected chi connectivity index (χ2v) is 14.5. The molecule has 0 aliphatic carbocycles. The van der Waals surface area contributed by atoms with Crippen molar-refractivity contribution in [1.29, 1.82) is 0 Å². The summed E-state index contributed by atoms with van der Waals surface area (Å²) in [6, 6.07) is 42.2. The molecule has 0 radical (unpaired) electrons. The van der Waals surface area contributed by atoms with E-state index in [1.807, 2.05) is 24.3 Å². The average Bonchev–Trinajstić information content (AvgIpc) is 2.86. The van der Waals surface area contributed by atoms with Gasteiger partial charge in [-0.3, -0.25) is 0 Å². The van der Waals surface area contributed by atoms with Gasteiger partial charge in [0, 0.05) is 0 Å². The van der Waals surface area contributed by atoms with Gasteiger partial charge >= 0.3 is 212 Å². The summed E-state index contributed by atoms with van der Waals surface area (Å²) in [5, 5.41) is 4.89. The van der Waals surface area contributed by atoms with E-state index in [-0.39, 0.29) is 5.38 Å². The molecule has 0 N–H and O–H groups in total. The summed E-state index contributed by atoms with van der Waals surface area (Å²) in [5.74, 6) is 0. The van der Waals surface area contributed by atoms with E-state index in [0.717, 1.165) is 0 Å². The molecule has 0 saturated carbocycles. The van der Waals surface area contributed by atoms with Gasteiger partial charge in [-0.25, -0.2) is 0 Å². The molecule has 0 fully saturated rings. The predicted molar refractivity (Wildman–Crippen MR) is 141 cm³/mol. The van der Waals surface area contributed by atoms with Gasteiger partial charge in [0.2, 0.25) is 0 Å². The van der Waals surface area contributed by atoms with Crippen LogP contribution in [0, 0.1) is 0 Å². The fourth-order valence-electron chi connectivity index (χ4n) is 3.79. The van der Waals surface area contributed by atoms with Crippen molar-refractivity contribution < 1.29 is 15.5 Å². The van der Waals surface area contributed by atoms with Crippen molar-refractivity contribution in [3.8, 4) is 0 Å². The Hall–Kier alpha value is -1.19. The topological polar surface area (TPSA) is 0 Å². The molecule has 0 amide bonds. The Morgan fingerprint density at radius 1 is 0.562 bits per heavy atom. The van der Waals surface area contributed by atoms with E-state index in [4.69, 9.17) is 38.7 Å². The van der Waals surface area contributed by atoms with Crippen molar-refractivity contribution >= 4 is 60.3 Å². The minimum atomic E-state index is -1.03. The van der Waals surface area contributed by atoms with Crippen molar-refractivity contribution in [2.75, 3.05) is 0 Å². The maximum absolute atomic E-state index is 7.93. The van der Waals surface area contributed by atoms with Crippen molar-refractivity contribution in [2.45, 2.75) is 15.1 Å². The molecule has 1 unspecified atom stereocenters. The Kier molecular flexibility index (Phi) is 8.45. The molecule has 0 aromatic heterocycles. The standard InChI is InChI=1S/C27H23Cl2P2.Ni/c1-22(28)27(29,30(23-14-6-2-7-15-23)24-16-8-3-9-17-24)31(25-18-10-4-11-19-25)26-20-12-5-13-21-26;/h2-22H,1H2;. The van der Waals surface area contributed by atoms with Gasteiger partial charge in [-0.2, -0.15) is 0 Å². The molecule has 0 aliphatic heterocycles. The molecule has 0 aliphatic rings. The molecule has 4 aromatic rings.